The summed E-state index contributed by atoms with van der Waals surface area (Å²) in [6, 6.07) is 10.5. The maximum Gasteiger partial charge on any atom is 0.191 e. The number of nitrogens with zero attached hydrogens (tertiary/aromatic N) is 5. The maximum atomic E-state index is 4.64. The molecule has 0 radical (unpaired) electrons. The number of hydrogen-bond donors (Lipinski definition) is 2. The molecule has 1 saturated heterocycles. The number of aromatic nitrogens is 2. The number of piperazine rings is 1. The van der Waals surface area contributed by atoms with Crippen LogP contribution in [-0.4, -0.2) is 78.9 Å². The van der Waals surface area contributed by atoms with Gasteiger partial charge in [-0.3, -0.25) is 4.99 Å². The van der Waals surface area contributed by atoms with Gasteiger partial charge in [0.15, 0.2) is 5.96 Å². The lowest BCUT2D eigenvalue weighted by Gasteiger charge is -2.32. The Morgan fingerprint density at radius 1 is 1.06 bits per heavy atom. The molecule has 1 aliphatic rings. The summed E-state index contributed by atoms with van der Waals surface area (Å²) in [5.41, 5.74) is 4.48. The number of halogens is 1. The third-order valence-electron chi connectivity index (χ3n) is 5.69. The Kier molecular flexibility index (Phi) is 10.8. The summed E-state index contributed by atoms with van der Waals surface area (Å²) in [6.07, 6.45) is 2.36. The molecule has 1 fully saturated rings. The van der Waals surface area contributed by atoms with Crippen molar-refractivity contribution < 1.29 is 0 Å². The monoisotopic (exact) mass is 539 g/mol. The molecule has 31 heavy (non-hydrogen) atoms. The standard InChI is InChI=1S/C23H37N7.HI/c1-19-17-20(2)30(27-19)22-10-6-5-9-21(22)18-26-23(24-3)25-11-7-8-12-29-15-13-28(4)14-16-29;/h5-6,9-10,17H,7-8,11-16,18H2,1-4H3,(H2,24,25,26);1H. The van der Waals surface area contributed by atoms with Crippen LogP contribution in [0, 0.1) is 13.8 Å². The van der Waals surface area contributed by atoms with Crippen molar-refractivity contribution >= 4 is 29.9 Å². The predicted molar refractivity (Wildman–Crippen MR) is 140 cm³/mol. The highest BCUT2D eigenvalue weighted by molar-refractivity contribution is 14.0. The molecule has 0 spiro atoms. The summed E-state index contributed by atoms with van der Waals surface area (Å²) >= 11 is 0. The molecular weight excluding hydrogens is 501 g/mol. The molecule has 2 aromatic rings. The van der Waals surface area contributed by atoms with E-state index in [1.54, 1.807) is 0 Å². The van der Waals surface area contributed by atoms with Crippen molar-refractivity contribution in [3.05, 3.63) is 47.3 Å². The molecule has 7 nitrogen and oxygen atoms in total. The largest absolute Gasteiger partial charge is 0.356 e. The minimum absolute atomic E-state index is 0. The average Bonchev–Trinajstić information content (AvgIpc) is 3.09. The number of aliphatic imine (C=N–C) groups is 1. The topological polar surface area (TPSA) is 60.7 Å². The van der Waals surface area contributed by atoms with Gasteiger partial charge >= 0.3 is 0 Å². The zero-order valence-electron chi connectivity index (χ0n) is 19.4. The molecule has 8 heteroatoms. The zero-order valence-corrected chi connectivity index (χ0v) is 21.7. The van der Waals surface area contributed by atoms with Crippen LogP contribution in [0.5, 0.6) is 0 Å². The van der Waals surface area contributed by atoms with Crippen molar-refractivity contribution in [3.63, 3.8) is 0 Å². The van der Waals surface area contributed by atoms with Gasteiger partial charge in [-0.1, -0.05) is 18.2 Å². The van der Waals surface area contributed by atoms with Crippen LogP contribution >= 0.6 is 24.0 Å². The molecule has 172 valence electrons. The van der Waals surface area contributed by atoms with Crippen molar-refractivity contribution in [2.24, 2.45) is 4.99 Å². The summed E-state index contributed by atoms with van der Waals surface area (Å²) < 4.78 is 2.01. The molecule has 0 saturated carbocycles. The lowest BCUT2D eigenvalue weighted by Crippen LogP contribution is -2.44. The molecule has 0 unspecified atom stereocenters. The number of benzene rings is 1. The minimum Gasteiger partial charge on any atom is -0.356 e. The van der Waals surface area contributed by atoms with Crippen LogP contribution in [0.15, 0.2) is 35.3 Å². The van der Waals surface area contributed by atoms with Gasteiger partial charge in [-0.2, -0.15) is 5.10 Å². The molecule has 3 rings (SSSR count). The lowest BCUT2D eigenvalue weighted by atomic mass is 10.1. The molecule has 2 N–H and O–H groups in total. The first-order valence-electron chi connectivity index (χ1n) is 11.0. The Morgan fingerprint density at radius 2 is 1.81 bits per heavy atom. The second kappa shape index (κ2) is 13.0. The minimum atomic E-state index is 0. The van der Waals surface area contributed by atoms with Gasteiger partial charge in [0.05, 0.1) is 11.4 Å². The Labute approximate surface area is 204 Å². The first kappa shape index (κ1) is 25.6. The van der Waals surface area contributed by atoms with Crippen LogP contribution in [0.4, 0.5) is 0 Å². The Hall–Kier alpha value is -1.65. The molecule has 1 aromatic carbocycles. The molecule has 0 aliphatic carbocycles. The van der Waals surface area contributed by atoms with E-state index in [4.69, 9.17) is 0 Å². The van der Waals surface area contributed by atoms with Gasteiger partial charge < -0.3 is 20.4 Å². The molecule has 1 aromatic heterocycles. The number of likely N-dealkylation sites (N-methyl/N-ethyl adjacent to an activating group) is 1. The van der Waals surface area contributed by atoms with Crippen LogP contribution in [0.25, 0.3) is 5.69 Å². The molecule has 0 bridgehead atoms. The highest BCUT2D eigenvalue weighted by Gasteiger charge is 2.13. The Morgan fingerprint density at radius 3 is 2.48 bits per heavy atom. The van der Waals surface area contributed by atoms with Gasteiger partial charge in [-0.25, -0.2) is 4.68 Å². The Balaban J connectivity index is 0.00000341. The fourth-order valence-electron chi connectivity index (χ4n) is 3.88. The maximum absolute atomic E-state index is 4.64. The SMILES string of the molecule is CN=C(NCCCCN1CCN(C)CC1)NCc1ccccc1-n1nc(C)cc1C.I. The third-order valence-corrected chi connectivity index (χ3v) is 5.69. The van der Waals surface area contributed by atoms with Crippen molar-refractivity contribution in [1.29, 1.82) is 0 Å². The predicted octanol–water partition coefficient (Wildman–Crippen LogP) is 2.80. The van der Waals surface area contributed by atoms with Gasteiger partial charge in [0.2, 0.25) is 0 Å². The van der Waals surface area contributed by atoms with Crippen molar-refractivity contribution in [2.45, 2.75) is 33.2 Å². The number of guanidine groups is 1. The first-order chi connectivity index (χ1) is 14.6. The van der Waals surface area contributed by atoms with Crippen LogP contribution < -0.4 is 10.6 Å². The fourth-order valence-corrected chi connectivity index (χ4v) is 3.88. The van der Waals surface area contributed by atoms with Crippen molar-refractivity contribution in [2.75, 3.05) is 53.4 Å². The zero-order chi connectivity index (χ0) is 21.3. The molecule has 0 amide bonds. The quantitative estimate of drug-likeness (QED) is 0.234. The third kappa shape index (κ3) is 7.76. The normalized spacial score (nSPS) is 15.5. The first-order valence-corrected chi connectivity index (χ1v) is 11.0. The van der Waals surface area contributed by atoms with Gasteiger partial charge in [0.25, 0.3) is 0 Å². The van der Waals surface area contributed by atoms with E-state index in [1.165, 1.54) is 44.7 Å². The summed E-state index contributed by atoms with van der Waals surface area (Å²) in [7, 11) is 4.03. The Bertz CT molecular complexity index is 825. The van der Waals surface area contributed by atoms with Crippen LogP contribution in [0.2, 0.25) is 0 Å². The molecule has 1 aliphatic heterocycles. The molecular formula is C23H38IN7. The smallest absolute Gasteiger partial charge is 0.191 e. The van der Waals surface area contributed by atoms with E-state index in [0.29, 0.717) is 6.54 Å². The van der Waals surface area contributed by atoms with Gasteiger partial charge in [0, 0.05) is 52.0 Å². The van der Waals surface area contributed by atoms with Gasteiger partial charge in [-0.05, 0) is 58.0 Å². The fraction of sp³-hybridized carbons (Fsp3) is 0.565. The number of hydrogen-bond acceptors (Lipinski definition) is 4. The molecule has 2 heterocycles. The highest BCUT2D eigenvalue weighted by Crippen LogP contribution is 2.16. The van der Waals surface area contributed by atoms with E-state index in [0.717, 1.165) is 36.0 Å². The second-order valence-corrected chi connectivity index (χ2v) is 8.17. The molecule has 0 atom stereocenters. The van der Waals surface area contributed by atoms with Crippen LogP contribution in [0.1, 0.15) is 29.8 Å². The van der Waals surface area contributed by atoms with E-state index in [2.05, 4.69) is 74.8 Å². The number of para-hydroxylation sites is 1. The van der Waals surface area contributed by atoms with Crippen molar-refractivity contribution in [3.8, 4) is 5.69 Å². The summed E-state index contributed by atoms with van der Waals surface area (Å²) in [4.78, 5) is 9.35. The number of aryl methyl sites for hydroxylation is 2. The summed E-state index contributed by atoms with van der Waals surface area (Å²) in [5.74, 6) is 0.845. The van der Waals surface area contributed by atoms with E-state index < -0.39 is 0 Å². The van der Waals surface area contributed by atoms with E-state index in [-0.39, 0.29) is 24.0 Å². The van der Waals surface area contributed by atoms with E-state index >= 15 is 0 Å². The number of rotatable bonds is 8. The number of nitrogens with one attached hydrogen (secondary N) is 2. The van der Waals surface area contributed by atoms with E-state index in [9.17, 15) is 0 Å². The van der Waals surface area contributed by atoms with Crippen LogP contribution in [-0.2, 0) is 6.54 Å². The van der Waals surface area contributed by atoms with E-state index in [1.807, 2.05) is 18.7 Å². The second-order valence-electron chi connectivity index (χ2n) is 8.17. The lowest BCUT2D eigenvalue weighted by molar-refractivity contribution is 0.152. The summed E-state index contributed by atoms with van der Waals surface area (Å²) in [5, 5.41) is 11.5. The number of unbranched alkanes of at least 4 members (excludes halogenated alkanes) is 1. The average molecular weight is 540 g/mol. The summed E-state index contributed by atoms with van der Waals surface area (Å²) in [6.45, 7) is 11.7. The van der Waals surface area contributed by atoms with Gasteiger partial charge in [0.1, 0.15) is 0 Å². The van der Waals surface area contributed by atoms with Crippen molar-refractivity contribution in [1.82, 2.24) is 30.2 Å². The van der Waals surface area contributed by atoms with Gasteiger partial charge in [-0.15, -0.1) is 24.0 Å². The van der Waals surface area contributed by atoms with Crippen LogP contribution in [0.3, 0.4) is 0 Å². The highest BCUT2D eigenvalue weighted by atomic mass is 127.